The third-order valence-electron chi connectivity index (χ3n) is 13.0. The number of hydrogen-bond donors (Lipinski definition) is 1. The lowest BCUT2D eigenvalue weighted by atomic mass is 10.0. The number of aromatic nitrogens is 2. The molecule has 24 nitrogen and oxygen atoms in total. The molecule has 0 bridgehead atoms. The van der Waals surface area contributed by atoms with Gasteiger partial charge in [-0.25, -0.2) is 24.4 Å². The number of carbonyl (C=O) groups excluding carboxylic acids is 4. The second-order valence-electron chi connectivity index (χ2n) is 19.4. The van der Waals surface area contributed by atoms with Crippen molar-refractivity contribution in [3.8, 4) is 46.6 Å². The van der Waals surface area contributed by atoms with Crippen LogP contribution < -0.4 is 24.3 Å². The Labute approximate surface area is 594 Å². The molecule has 0 unspecified atom stereocenters. The molecule has 0 saturated heterocycles. The molecule has 0 aliphatic rings. The van der Waals surface area contributed by atoms with E-state index in [-0.39, 0.29) is 47.0 Å². The number of nitrogens with one attached hydrogen (secondary N) is 1. The van der Waals surface area contributed by atoms with Gasteiger partial charge in [0, 0.05) is 29.3 Å². The van der Waals surface area contributed by atoms with Crippen LogP contribution in [0.3, 0.4) is 0 Å². The number of rotatable bonds is 25. The fourth-order valence-electron chi connectivity index (χ4n) is 8.47. The molecule has 1 N–H and O–H groups in total. The molecule has 102 heavy (non-hydrogen) atoms. The quantitative estimate of drug-likeness (QED) is 0.0139. The van der Waals surface area contributed by atoms with Crippen LogP contribution in [-0.2, 0) is 70.7 Å². The first kappa shape index (κ1) is 81.3. The van der Waals surface area contributed by atoms with E-state index in [1.165, 1.54) is 75.5 Å². The van der Waals surface area contributed by atoms with E-state index in [0.29, 0.717) is 57.4 Å². The number of nitriles is 1. The van der Waals surface area contributed by atoms with Gasteiger partial charge in [-0.3, -0.25) is 4.79 Å². The number of aryl methyl sites for hydroxylation is 1. The van der Waals surface area contributed by atoms with Crippen molar-refractivity contribution in [3.05, 3.63) is 275 Å². The lowest BCUT2D eigenvalue weighted by molar-refractivity contribution is -0.134. The summed E-state index contributed by atoms with van der Waals surface area (Å²) in [5.41, 5.74) is 6.64. The van der Waals surface area contributed by atoms with Crippen molar-refractivity contribution in [2.24, 2.45) is 20.6 Å². The lowest BCUT2D eigenvalue weighted by Gasteiger charge is -2.12. The Bertz CT molecular complexity index is 4270. The lowest BCUT2D eigenvalue weighted by Crippen LogP contribution is -2.28. The standard InChI is InChI=1S/C22H17N3O5.C18H18N2O4.C18H19NO4.C16H16N2O3.2C2H6/c1-27-13-17(22(26)28-2)16-8-4-6-10-19(16)30-21-11-20(24-14-25-21)29-18-9-5-3-7-15(18)12-23;1-22-18(21)17(20-23-2)16-11-7-6-10-15(16)13-24-19-12-14-8-4-3-5-9-14;1-13-8-4-7-11-16(13)23-12-14-9-5-6-10-15(14)17(19-22-3)18(20)21-2;1-17-16(19)15(18-20-2)13-10-6-7-11-14(13)21-12-8-4-3-5-9-12;2*1-2/h3-11,13-14H,1-2H3;3-12H,13H2,1-2H3;4-11H,12H2,1-3H3;3-11H,1-2H3,(H,17,19);2*1-2H3/b17-13+;19-12?,20-17-;19-17+;18-15-;;. The van der Waals surface area contributed by atoms with Crippen LogP contribution in [0.4, 0.5) is 0 Å². The van der Waals surface area contributed by atoms with Crippen molar-refractivity contribution in [2.75, 3.05) is 56.8 Å². The maximum absolute atomic E-state index is 12.1. The highest BCUT2D eigenvalue weighted by molar-refractivity contribution is 6.46. The summed E-state index contributed by atoms with van der Waals surface area (Å²) in [6.07, 6.45) is 4.17. The van der Waals surface area contributed by atoms with Crippen molar-refractivity contribution in [3.63, 3.8) is 0 Å². The summed E-state index contributed by atoms with van der Waals surface area (Å²) in [6.45, 7) is 10.5. The SMILES string of the molecule is CC.CC.CNC(=O)/C(=N\OC)c1ccccc1Oc1ccccc1.CO/C=C(/C(=O)OC)c1ccccc1Oc1cc(Oc2ccccc2C#N)ncn1.CO/N=C(/C(=O)OC)c1ccccc1COc1ccccc1C.CO/N=C(\C(=O)OC)c1ccccc1CON=Cc1ccccc1. The Morgan fingerprint density at radius 3 is 1.44 bits per heavy atom. The zero-order chi connectivity index (χ0) is 74.3. The summed E-state index contributed by atoms with van der Waals surface area (Å²) in [4.78, 5) is 75.6. The largest absolute Gasteiger partial charge is 0.503 e. The second kappa shape index (κ2) is 46.9. The Balaban J connectivity index is 0.000000286. The van der Waals surface area contributed by atoms with Gasteiger partial charge < -0.3 is 62.6 Å². The van der Waals surface area contributed by atoms with Crippen molar-refractivity contribution in [1.29, 1.82) is 5.26 Å². The molecule has 0 spiro atoms. The predicted molar refractivity (Wildman–Crippen MR) is 388 cm³/mol. The molecule has 0 saturated carbocycles. The van der Waals surface area contributed by atoms with E-state index in [1.807, 2.05) is 156 Å². The summed E-state index contributed by atoms with van der Waals surface area (Å²) >= 11 is 0. The van der Waals surface area contributed by atoms with E-state index >= 15 is 0 Å². The van der Waals surface area contributed by atoms with E-state index in [9.17, 15) is 24.4 Å². The van der Waals surface area contributed by atoms with Crippen LogP contribution in [0.1, 0.15) is 77.8 Å². The van der Waals surface area contributed by atoms with E-state index in [0.717, 1.165) is 28.0 Å². The van der Waals surface area contributed by atoms with Gasteiger partial charge in [0.25, 0.3) is 5.91 Å². The molecule has 0 aliphatic carbocycles. The van der Waals surface area contributed by atoms with E-state index < -0.39 is 17.9 Å². The Kier molecular flexibility index (Phi) is 37.4. The fraction of sp³-hybridized carbons (Fsp3) is 0.192. The van der Waals surface area contributed by atoms with Gasteiger partial charge in [0.1, 0.15) is 81.3 Å². The first-order valence-corrected chi connectivity index (χ1v) is 31.5. The maximum atomic E-state index is 12.1. The highest BCUT2D eigenvalue weighted by Crippen LogP contribution is 2.33. The number of methoxy groups -OCH3 is 4. The normalized spacial score (nSPS) is 10.6. The van der Waals surface area contributed by atoms with Crippen LogP contribution in [0.15, 0.2) is 246 Å². The van der Waals surface area contributed by atoms with Gasteiger partial charge in [-0.05, 0) is 72.1 Å². The Morgan fingerprint density at radius 2 is 0.922 bits per heavy atom. The number of likely N-dealkylation sites (N-methyl/N-ethyl adjacent to an activating group) is 1. The number of esters is 3. The molecule has 1 amide bonds. The molecule has 0 aliphatic heterocycles. The van der Waals surface area contributed by atoms with E-state index in [2.05, 4.69) is 42.0 Å². The number of ether oxygens (including phenoxy) is 8. The van der Waals surface area contributed by atoms with Crippen LogP contribution >= 0.6 is 0 Å². The van der Waals surface area contributed by atoms with Crippen LogP contribution in [0, 0.1) is 18.3 Å². The van der Waals surface area contributed by atoms with Crippen LogP contribution in [0.25, 0.3) is 5.57 Å². The van der Waals surface area contributed by atoms with Gasteiger partial charge in [0.05, 0.1) is 58.1 Å². The number of amides is 1. The van der Waals surface area contributed by atoms with E-state index in [1.54, 1.807) is 91.1 Å². The molecular weight excluding hydrogens is 1300 g/mol. The van der Waals surface area contributed by atoms with Crippen molar-refractivity contribution < 1.29 is 76.4 Å². The minimum atomic E-state index is -0.586. The number of benzene rings is 8. The average molecular weight is 1390 g/mol. The zero-order valence-corrected chi connectivity index (χ0v) is 59.0. The summed E-state index contributed by atoms with van der Waals surface area (Å²) < 4.78 is 42.6. The highest BCUT2D eigenvalue weighted by Gasteiger charge is 2.23. The monoisotopic (exact) mass is 1390 g/mol. The van der Waals surface area contributed by atoms with Crippen molar-refractivity contribution in [2.45, 2.75) is 47.8 Å². The first-order valence-electron chi connectivity index (χ1n) is 31.5. The number of nitrogens with zero attached hydrogens (tertiary/aromatic N) is 7. The van der Waals surface area contributed by atoms with Crippen molar-refractivity contribution >= 4 is 52.7 Å². The van der Waals surface area contributed by atoms with Gasteiger partial charge in [0.15, 0.2) is 17.1 Å². The fourth-order valence-corrected chi connectivity index (χ4v) is 8.47. The second-order valence-corrected chi connectivity index (χ2v) is 19.4. The predicted octanol–water partition coefficient (Wildman–Crippen LogP) is 14.6. The van der Waals surface area contributed by atoms with Crippen molar-refractivity contribution in [1.82, 2.24) is 15.3 Å². The van der Waals surface area contributed by atoms with Gasteiger partial charge in [0.2, 0.25) is 11.8 Å². The minimum absolute atomic E-state index is 0.0752. The summed E-state index contributed by atoms with van der Waals surface area (Å²) in [7, 11) is 11.0. The maximum Gasteiger partial charge on any atom is 0.360 e. The molecule has 0 atom stereocenters. The third kappa shape index (κ3) is 26.0. The Morgan fingerprint density at radius 1 is 0.480 bits per heavy atom. The molecule has 0 fully saturated rings. The number of carbonyl (C=O) groups is 4. The van der Waals surface area contributed by atoms with Gasteiger partial charge >= 0.3 is 17.9 Å². The smallest absolute Gasteiger partial charge is 0.360 e. The topological polar surface area (TPSA) is 290 Å². The third-order valence-corrected chi connectivity index (χ3v) is 13.0. The molecule has 8 aromatic carbocycles. The van der Waals surface area contributed by atoms with Crippen LogP contribution in [0.2, 0.25) is 0 Å². The highest BCUT2D eigenvalue weighted by atomic mass is 16.6. The summed E-state index contributed by atoms with van der Waals surface area (Å²) in [5, 5.41) is 27.0. The molecule has 530 valence electrons. The Hall–Kier alpha value is -13.2. The zero-order valence-electron chi connectivity index (χ0n) is 59.0. The van der Waals surface area contributed by atoms with E-state index in [4.69, 9.17) is 57.2 Å². The minimum Gasteiger partial charge on any atom is -0.503 e. The average Bonchev–Trinajstić information content (AvgIpc) is 0.868. The van der Waals surface area contributed by atoms with Gasteiger partial charge in [-0.2, -0.15) is 5.26 Å². The number of oxime groups is 4. The molecule has 1 aromatic heterocycles. The molecule has 9 aromatic rings. The van der Waals surface area contributed by atoms with Gasteiger partial charge in [-0.1, -0.05) is 206 Å². The molecule has 1 heterocycles. The van der Waals surface area contributed by atoms with Crippen LogP contribution in [-0.4, -0.2) is 114 Å². The molecule has 9 rings (SSSR count). The number of para-hydroxylation sites is 5. The molecule has 0 radical (unpaired) electrons. The summed E-state index contributed by atoms with van der Waals surface area (Å²) in [6, 6.07) is 65.6. The van der Waals surface area contributed by atoms with Crippen LogP contribution in [0.5, 0.6) is 40.5 Å². The molecule has 24 heteroatoms. The van der Waals surface area contributed by atoms with Gasteiger partial charge in [-0.15, -0.1) is 0 Å². The molecular formula is C78H82N8O16. The number of hydrogen-bond acceptors (Lipinski definition) is 23. The first-order chi connectivity index (χ1) is 49.8. The summed E-state index contributed by atoms with van der Waals surface area (Å²) in [5.74, 6) is 1.03.